The van der Waals surface area contributed by atoms with Gasteiger partial charge in [0.2, 0.25) is 0 Å². The lowest BCUT2D eigenvalue weighted by Crippen LogP contribution is -2.36. The Labute approximate surface area is 227 Å². The molecule has 4 rings (SSSR count). The number of hydrogen-bond donors (Lipinski definition) is 2. The SMILES string of the molecule is CC1CCCN1c1ccc(S(=O)(=O)N(C)OC(=O)C(F)(F)F)cc1Nc1cc(Nc2ccc(Cl)cc2)ncn1. The molecule has 1 saturated heterocycles. The molecule has 0 radical (unpaired) electrons. The summed E-state index contributed by atoms with van der Waals surface area (Å²) < 4.78 is 63.7. The zero-order valence-electron chi connectivity index (χ0n) is 20.7. The minimum Gasteiger partial charge on any atom is -0.367 e. The summed E-state index contributed by atoms with van der Waals surface area (Å²) >= 11 is 5.93. The summed E-state index contributed by atoms with van der Waals surface area (Å²) in [6.07, 6.45) is -2.20. The number of rotatable bonds is 8. The van der Waals surface area contributed by atoms with Gasteiger partial charge in [-0.25, -0.2) is 23.2 Å². The van der Waals surface area contributed by atoms with E-state index in [1.807, 2.05) is 6.92 Å². The number of anilines is 5. The zero-order valence-corrected chi connectivity index (χ0v) is 22.3. The average molecular weight is 585 g/mol. The third kappa shape index (κ3) is 6.69. The lowest BCUT2D eigenvalue weighted by molar-refractivity contribution is -0.219. The van der Waals surface area contributed by atoms with Crippen LogP contribution in [0.4, 0.5) is 41.9 Å². The van der Waals surface area contributed by atoms with Crippen LogP contribution >= 0.6 is 11.6 Å². The number of carbonyl (C=O) groups is 1. The third-order valence-corrected chi connectivity index (χ3v) is 7.81. The number of nitrogens with one attached hydrogen (secondary N) is 2. The molecule has 1 aliphatic rings. The second kappa shape index (κ2) is 11.2. The maximum atomic E-state index is 13.0. The Bertz CT molecular complexity index is 1460. The second-order valence-electron chi connectivity index (χ2n) is 8.70. The van der Waals surface area contributed by atoms with Crippen molar-refractivity contribution < 1.29 is 31.2 Å². The Morgan fingerprint density at radius 2 is 1.77 bits per heavy atom. The largest absolute Gasteiger partial charge is 0.492 e. The van der Waals surface area contributed by atoms with Gasteiger partial charge in [0, 0.05) is 36.4 Å². The summed E-state index contributed by atoms with van der Waals surface area (Å²) in [6.45, 7) is 2.75. The van der Waals surface area contributed by atoms with Gasteiger partial charge in [0.1, 0.15) is 18.0 Å². The van der Waals surface area contributed by atoms with Crippen LogP contribution in [-0.2, 0) is 19.7 Å². The van der Waals surface area contributed by atoms with Crippen LogP contribution in [0.1, 0.15) is 19.8 Å². The lowest BCUT2D eigenvalue weighted by Gasteiger charge is -2.27. The highest BCUT2D eigenvalue weighted by molar-refractivity contribution is 7.89. The van der Waals surface area contributed by atoms with E-state index in [0.29, 0.717) is 35.1 Å². The minimum atomic E-state index is -5.36. The Balaban J connectivity index is 1.66. The van der Waals surface area contributed by atoms with Crippen LogP contribution in [0.3, 0.4) is 0 Å². The highest BCUT2D eigenvalue weighted by atomic mass is 35.5. The van der Waals surface area contributed by atoms with E-state index in [1.54, 1.807) is 36.4 Å². The van der Waals surface area contributed by atoms with Gasteiger partial charge in [-0.2, -0.15) is 13.2 Å². The maximum absolute atomic E-state index is 13.0. The van der Waals surface area contributed by atoms with E-state index in [-0.39, 0.29) is 10.5 Å². The number of alkyl halides is 3. The van der Waals surface area contributed by atoms with Crippen molar-refractivity contribution in [3.63, 3.8) is 0 Å². The Morgan fingerprint density at radius 1 is 1.10 bits per heavy atom. The van der Waals surface area contributed by atoms with Gasteiger partial charge in [-0.15, -0.1) is 0 Å². The average Bonchev–Trinajstić information content (AvgIpc) is 3.30. The quantitative estimate of drug-likeness (QED) is 0.342. The Morgan fingerprint density at radius 3 is 2.38 bits per heavy atom. The molecule has 1 aliphatic heterocycles. The van der Waals surface area contributed by atoms with Gasteiger partial charge < -0.3 is 20.4 Å². The van der Waals surface area contributed by atoms with Crippen LogP contribution in [0.25, 0.3) is 0 Å². The van der Waals surface area contributed by atoms with Crippen LogP contribution in [-0.4, -0.2) is 54.6 Å². The first-order valence-electron chi connectivity index (χ1n) is 11.6. The molecule has 1 unspecified atom stereocenters. The summed E-state index contributed by atoms with van der Waals surface area (Å²) in [7, 11) is -3.93. The topological polar surface area (TPSA) is 117 Å². The fourth-order valence-electron chi connectivity index (χ4n) is 4.00. The van der Waals surface area contributed by atoms with Gasteiger partial charge >= 0.3 is 12.1 Å². The van der Waals surface area contributed by atoms with Gasteiger partial charge in [-0.3, -0.25) is 0 Å². The number of hydroxylamine groups is 1. The van der Waals surface area contributed by atoms with Crippen molar-refractivity contribution in [2.45, 2.75) is 36.9 Å². The number of aromatic nitrogens is 2. The number of hydrogen-bond acceptors (Lipinski definition) is 9. The first kappa shape index (κ1) is 28.4. The van der Waals surface area contributed by atoms with Gasteiger partial charge in [0.25, 0.3) is 10.0 Å². The highest BCUT2D eigenvalue weighted by Gasteiger charge is 2.44. The summed E-state index contributed by atoms with van der Waals surface area (Å²) in [4.78, 5) is 25.3. The van der Waals surface area contributed by atoms with Crippen molar-refractivity contribution in [2.24, 2.45) is 0 Å². The van der Waals surface area contributed by atoms with E-state index in [2.05, 4.69) is 30.3 Å². The molecule has 2 aromatic carbocycles. The van der Waals surface area contributed by atoms with Crippen molar-refractivity contribution in [2.75, 3.05) is 29.1 Å². The van der Waals surface area contributed by atoms with E-state index in [4.69, 9.17) is 11.6 Å². The number of benzene rings is 2. The molecule has 208 valence electrons. The van der Waals surface area contributed by atoms with Crippen molar-refractivity contribution in [3.8, 4) is 0 Å². The van der Waals surface area contributed by atoms with Crippen LogP contribution in [0, 0.1) is 0 Å². The van der Waals surface area contributed by atoms with Gasteiger partial charge in [0.15, 0.2) is 0 Å². The molecule has 1 aromatic heterocycles. The molecule has 2 heterocycles. The minimum absolute atomic E-state index is 0.112. The van der Waals surface area contributed by atoms with Gasteiger partial charge in [-0.05, 0) is 66.7 Å². The highest BCUT2D eigenvalue weighted by Crippen LogP contribution is 2.36. The fourth-order valence-corrected chi connectivity index (χ4v) is 5.09. The number of halogens is 4. The van der Waals surface area contributed by atoms with Gasteiger partial charge in [-0.1, -0.05) is 11.6 Å². The Hall–Kier alpha value is -3.62. The standard InChI is InChI=1S/C24H24ClF3N6O4S/c1-15-4-3-11-34(15)20-10-9-18(39(36,37)33(2)38-23(35)24(26,27)28)12-19(20)32-22-13-21(29-14-30-22)31-17-7-5-16(25)6-8-17/h5-10,12-15H,3-4,11H2,1-2H3,(H2,29,30,31,32). The van der Waals surface area contributed by atoms with Crippen molar-refractivity contribution in [1.82, 2.24) is 14.4 Å². The first-order valence-corrected chi connectivity index (χ1v) is 13.5. The lowest BCUT2D eigenvalue weighted by atomic mass is 10.2. The molecule has 15 heteroatoms. The van der Waals surface area contributed by atoms with Crippen LogP contribution < -0.4 is 15.5 Å². The van der Waals surface area contributed by atoms with Gasteiger partial charge in [0.05, 0.1) is 16.3 Å². The van der Waals surface area contributed by atoms with E-state index in [0.717, 1.165) is 25.1 Å². The first-order chi connectivity index (χ1) is 18.3. The second-order valence-corrected chi connectivity index (χ2v) is 11.1. The third-order valence-electron chi connectivity index (χ3n) is 5.96. The van der Waals surface area contributed by atoms with Crippen molar-refractivity contribution in [3.05, 3.63) is 59.9 Å². The number of carbonyl (C=O) groups excluding carboxylic acids is 1. The molecule has 0 aliphatic carbocycles. The predicted molar refractivity (Wildman–Crippen MR) is 140 cm³/mol. The molecule has 3 aromatic rings. The molecule has 0 amide bonds. The number of sulfonamides is 1. The van der Waals surface area contributed by atoms with Crippen LogP contribution in [0.15, 0.2) is 59.8 Å². The maximum Gasteiger partial charge on any atom is 0.492 e. The molecule has 39 heavy (non-hydrogen) atoms. The van der Waals surface area contributed by atoms with E-state index >= 15 is 0 Å². The van der Waals surface area contributed by atoms with Crippen LogP contribution in [0.5, 0.6) is 0 Å². The summed E-state index contributed by atoms with van der Waals surface area (Å²) in [6, 6.07) is 12.8. The van der Waals surface area contributed by atoms with Crippen molar-refractivity contribution in [1.29, 1.82) is 0 Å². The van der Waals surface area contributed by atoms with E-state index < -0.39 is 27.1 Å². The Kier molecular flexibility index (Phi) is 8.18. The summed E-state index contributed by atoms with van der Waals surface area (Å²) in [5.41, 5.74) is 1.72. The molecular formula is C24H24ClF3N6O4S. The summed E-state index contributed by atoms with van der Waals surface area (Å²) in [5.74, 6) is -1.90. The molecule has 0 saturated carbocycles. The number of nitrogens with zero attached hydrogens (tertiary/aromatic N) is 4. The molecule has 0 bridgehead atoms. The van der Waals surface area contributed by atoms with Crippen molar-refractivity contribution >= 4 is 56.3 Å². The van der Waals surface area contributed by atoms with E-state index in [9.17, 15) is 26.4 Å². The molecular weight excluding hydrogens is 561 g/mol. The van der Waals surface area contributed by atoms with E-state index in [1.165, 1.54) is 18.5 Å². The van der Waals surface area contributed by atoms with Crippen LogP contribution in [0.2, 0.25) is 5.02 Å². The monoisotopic (exact) mass is 584 g/mol. The zero-order chi connectivity index (χ0) is 28.4. The molecule has 2 N–H and O–H groups in total. The molecule has 0 spiro atoms. The smallest absolute Gasteiger partial charge is 0.367 e. The predicted octanol–water partition coefficient (Wildman–Crippen LogP) is 5.25. The fraction of sp³-hybridized carbons (Fsp3) is 0.292. The molecule has 10 nitrogen and oxygen atoms in total. The molecule has 1 atom stereocenters. The summed E-state index contributed by atoms with van der Waals surface area (Å²) in [5, 5.41) is 6.78. The molecule has 1 fully saturated rings. The normalized spacial score (nSPS) is 15.9.